The summed E-state index contributed by atoms with van der Waals surface area (Å²) < 4.78 is 19.2. The van der Waals surface area contributed by atoms with E-state index < -0.39 is 17.5 Å². The second-order valence-corrected chi connectivity index (χ2v) is 16.3. The normalized spacial score (nSPS) is 19.7. The Labute approximate surface area is 331 Å². The zero-order valence-electron chi connectivity index (χ0n) is 33.8. The van der Waals surface area contributed by atoms with E-state index in [9.17, 15) is 19.2 Å². The lowest BCUT2D eigenvalue weighted by Gasteiger charge is -2.39. The van der Waals surface area contributed by atoms with Crippen molar-refractivity contribution >= 4 is 28.9 Å². The van der Waals surface area contributed by atoms with Crippen molar-refractivity contribution in [2.45, 2.75) is 155 Å². The van der Waals surface area contributed by atoms with E-state index in [4.69, 9.17) is 19.2 Å². The first-order valence-corrected chi connectivity index (χ1v) is 21.6. The quantitative estimate of drug-likeness (QED) is 0.0866. The van der Waals surface area contributed by atoms with E-state index in [0.29, 0.717) is 66.8 Å². The predicted octanol–water partition coefficient (Wildman–Crippen LogP) is 8.56. The van der Waals surface area contributed by atoms with E-state index in [-0.39, 0.29) is 31.1 Å². The zero-order chi connectivity index (χ0) is 39.2. The van der Waals surface area contributed by atoms with Crippen LogP contribution in [-0.4, -0.2) is 69.6 Å². The summed E-state index contributed by atoms with van der Waals surface area (Å²) in [7, 11) is 0. The summed E-state index contributed by atoms with van der Waals surface area (Å²) in [6.45, 7) is 9.90. The third-order valence-corrected chi connectivity index (χ3v) is 12.7. The van der Waals surface area contributed by atoms with Crippen LogP contribution in [0.4, 0.5) is 4.79 Å². The van der Waals surface area contributed by atoms with Crippen molar-refractivity contribution in [2.24, 2.45) is 0 Å². The smallest absolute Gasteiger partial charge is 0.415 e. The molecule has 2 fully saturated rings. The molecule has 7 rings (SSSR count). The van der Waals surface area contributed by atoms with Crippen LogP contribution < -0.4 is 10.3 Å². The molecule has 1 atom stereocenters. The van der Waals surface area contributed by atoms with E-state index in [0.717, 1.165) is 67.2 Å². The number of cyclic esters (lactones) is 1. The van der Waals surface area contributed by atoms with E-state index in [1.807, 2.05) is 23.1 Å². The van der Waals surface area contributed by atoms with Gasteiger partial charge in [0, 0.05) is 42.1 Å². The van der Waals surface area contributed by atoms with Gasteiger partial charge in [-0.05, 0) is 87.9 Å². The van der Waals surface area contributed by atoms with Gasteiger partial charge in [-0.25, -0.2) is 14.6 Å². The Morgan fingerprint density at radius 2 is 1.59 bits per heavy atom. The lowest BCUT2D eigenvalue weighted by molar-refractivity contribution is -0.189. The first-order chi connectivity index (χ1) is 27.3. The van der Waals surface area contributed by atoms with E-state index in [2.05, 4.69) is 18.7 Å². The molecule has 6 heterocycles. The minimum Gasteiger partial charge on any atom is -0.457 e. The van der Waals surface area contributed by atoms with Crippen molar-refractivity contribution in [3.05, 3.63) is 56.9 Å². The van der Waals surface area contributed by atoms with Crippen LogP contribution in [0.5, 0.6) is 5.75 Å². The van der Waals surface area contributed by atoms with Crippen molar-refractivity contribution in [1.29, 1.82) is 0 Å². The van der Waals surface area contributed by atoms with Crippen molar-refractivity contribution < 1.29 is 28.6 Å². The van der Waals surface area contributed by atoms with Crippen LogP contribution in [0.15, 0.2) is 29.1 Å². The molecular weight excluding hydrogens is 709 g/mol. The van der Waals surface area contributed by atoms with E-state index in [1.54, 1.807) is 17.6 Å². The van der Waals surface area contributed by atoms with Gasteiger partial charge in [0.25, 0.3) is 5.56 Å². The number of nitrogens with zero attached hydrogens (tertiary/aromatic N) is 4. The van der Waals surface area contributed by atoms with E-state index >= 15 is 0 Å². The second-order valence-electron chi connectivity index (χ2n) is 16.3. The summed E-state index contributed by atoms with van der Waals surface area (Å²) in [6, 6.07) is 7.89. The number of likely N-dealkylation sites (tertiary alicyclic amines) is 2. The van der Waals surface area contributed by atoms with Gasteiger partial charge in [0.2, 0.25) is 5.60 Å². The number of aryl methyl sites for hydroxylation is 1. The van der Waals surface area contributed by atoms with Crippen molar-refractivity contribution in [3.63, 3.8) is 0 Å². The Morgan fingerprint density at radius 3 is 2.29 bits per heavy atom. The summed E-state index contributed by atoms with van der Waals surface area (Å²) in [5.74, 6) is -0.644. The highest BCUT2D eigenvalue weighted by Crippen LogP contribution is 2.42. The number of rotatable bonds is 15. The number of piperidine rings is 2. The van der Waals surface area contributed by atoms with Crippen LogP contribution in [0.25, 0.3) is 22.3 Å². The van der Waals surface area contributed by atoms with Crippen LogP contribution in [0.3, 0.4) is 0 Å². The minimum absolute atomic E-state index is 0.140. The van der Waals surface area contributed by atoms with Crippen molar-refractivity contribution in [1.82, 2.24) is 19.4 Å². The van der Waals surface area contributed by atoms with Gasteiger partial charge < -0.3 is 28.6 Å². The molecular formula is C45H60N4O7. The number of pyridine rings is 2. The summed E-state index contributed by atoms with van der Waals surface area (Å²) in [4.78, 5) is 63.8. The molecule has 0 spiro atoms. The van der Waals surface area contributed by atoms with Gasteiger partial charge in [-0.2, -0.15) is 0 Å². The molecule has 1 aromatic carbocycles. The highest BCUT2D eigenvalue weighted by molar-refractivity contribution is 5.91. The molecule has 2 aromatic heterocycles. The molecule has 0 aliphatic carbocycles. The molecule has 0 radical (unpaired) electrons. The van der Waals surface area contributed by atoms with E-state index in [1.165, 1.54) is 51.4 Å². The minimum atomic E-state index is -1.70. The fraction of sp³-hybridized carbons (Fsp3) is 0.622. The molecule has 1 amide bonds. The molecule has 4 aliphatic rings. The summed E-state index contributed by atoms with van der Waals surface area (Å²) >= 11 is 0. The summed E-state index contributed by atoms with van der Waals surface area (Å²) in [5, 5.41) is 0.873. The Kier molecular flexibility index (Phi) is 12.8. The number of carbonyl (C=O) groups excluding carboxylic acids is 3. The number of hydrogen-bond acceptors (Lipinski definition) is 9. The molecule has 0 bridgehead atoms. The molecule has 302 valence electrons. The zero-order valence-corrected chi connectivity index (χ0v) is 33.8. The molecule has 3 aromatic rings. The SMILES string of the molecule is CCCCCCCCCCCC(=O)O[C@]1(CC)C(=O)OCc2c1cc1n(c2=O)Cc2c-1nc1ccc(OC(=O)N3CCC(N4CCCCC4)CC3)cc1c2CC. The molecule has 2 saturated heterocycles. The second kappa shape index (κ2) is 17.9. The number of unbranched alkanes of at least 4 members (excludes halogenated alkanes) is 8. The summed E-state index contributed by atoms with van der Waals surface area (Å²) in [5.41, 5.74) is 2.65. The van der Waals surface area contributed by atoms with Gasteiger partial charge in [0.1, 0.15) is 12.4 Å². The number of esters is 2. The highest BCUT2D eigenvalue weighted by atomic mass is 16.6. The number of hydrogen-bond donors (Lipinski definition) is 0. The fourth-order valence-electron chi connectivity index (χ4n) is 9.45. The molecule has 4 aliphatic heterocycles. The molecule has 0 N–H and O–H groups in total. The highest BCUT2D eigenvalue weighted by Gasteiger charge is 2.50. The van der Waals surface area contributed by atoms with Crippen LogP contribution in [-0.2, 0) is 44.2 Å². The standard InChI is InChI=1S/C45H60N4O7/c1-4-7-8-9-10-11-12-13-15-18-40(50)56-45(6-3)37-28-39-41-35(29-49(39)42(51)36(37)30-54-43(45)52)33(5-2)34-27-32(19-20-38(34)46-41)55-44(53)48-25-21-31(22-26-48)47-23-16-14-17-24-47/h19-20,27-28,31H,4-18,21-26,29-30H2,1-3H3/t45-/m0/s1. The number of carbonyl (C=O) groups is 3. The first-order valence-electron chi connectivity index (χ1n) is 21.6. The van der Waals surface area contributed by atoms with Gasteiger partial charge >= 0.3 is 18.0 Å². The van der Waals surface area contributed by atoms with Gasteiger partial charge in [0.05, 0.1) is 29.0 Å². The first kappa shape index (κ1) is 40.0. The maximum atomic E-state index is 14.2. The van der Waals surface area contributed by atoms with Crippen LogP contribution in [0, 0.1) is 0 Å². The lowest BCUT2D eigenvalue weighted by atomic mass is 9.85. The largest absolute Gasteiger partial charge is 0.457 e. The Bertz CT molecular complexity index is 1980. The van der Waals surface area contributed by atoms with Gasteiger partial charge in [-0.15, -0.1) is 0 Å². The van der Waals surface area contributed by atoms with Crippen molar-refractivity contribution in [3.8, 4) is 17.1 Å². The number of ether oxygens (including phenoxy) is 3. The molecule has 56 heavy (non-hydrogen) atoms. The van der Waals surface area contributed by atoms with Crippen molar-refractivity contribution in [2.75, 3.05) is 26.2 Å². The topological polar surface area (TPSA) is 120 Å². The number of amides is 1. The van der Waals surface area contributed by atoms with Gasteiger partial charge in [-0.1, -0.05) is 78.6 Å². The monoisotopic (exact) mass is 768 g/mol. The Balaban J connectivity index is 1.07. The Hall–Kier alpha value is -4.25. The average Bonchev–Trinajstić information content (AvgIpc) is 3.59. The van der Waals surface area contributed by atoms with Gasteiger partial charge in [-0.3, -0.25) is 9.59 Å². The van der Waals surface area contributed by atoms with Crippen LogP contribution in [0.2, 0.25) is 0 Å². The third-order valence-electron chi connectivity index (χ3n) is 12.7. The van der Waals surface area contributed by atoms with Gasteiger partial charge in [0.15, 0.2) is 0 Å². The molecule has 11 nitrogen and oxygen atoms in total. The molecule has 0 saturated carbocycles. The molecule has 0 unspecified atom stereocenters. The predicted molar refractivity (Wildman–Crippen MR) is 216 cm³/mol. The molecule has 11 heteroatoms. The maximum Gasteiger partial charge on any atom is 0.415 e. The van der Waals surface area contributed by atoms with Crippen LogP contribution >= 0.6 is 0 Å². The maximum absolute atomic E-state index is 14.2. The lowest BCUT2D eigenvalue weighted by Crippen LogP contribution is -2.48. The number of fused-ring (bicyclic) bond motifs is 5. The summed E-state index contributed by atoms with van der Waals surface area (Å²) in [6.07, 6.45) is 16.6. The third kappa shape index (κ3) is 8.11. The number of aromatic nitrogens is 2. The fourth-order valence-corrected chi connectivity index (χ4v) is 9.45. The average molecular weight is 769 g/mol. The number of benzene rings is 1. The Morgan fingerprint density at radius 1 is 0.875 bits per heavy atom. The van der Waals surface area contributed by atoms with Crippen LogP contribution in [0.1, 0.15) is 146 Å².